The van der Waals surface area contributed by atoms with Crippen LogP contribution in [0.3, 0.4) is 0 Å². The number of benzene rings is 2. The lowest BCUT2D eigenvalue weighted by atomic mass is 9.98. The molecule has 1 unspecified atom stereocenters. The van der Waals surface area contributed by atoms with Gasteiger partial charge in [0.15, 0.2) is 6.10 Å². The molecule has 2 aromatic carbocycles. The minimum absolute atomic E-state index is 0.0139. The molecule has 154 valence electrons. The molecule has 1 heterocycles. The molecule has 0 saturated heterocycles. The monoisotopic (exact) mass is 394 g/mol. The minimum Gasteiger partial charge on any atom is -0.481 e. The molecule has 0 radical (unpaired) electrons. The normalized spacial score (nSPS) is 14.3. The van der Waals surface area contributed by atoms with Crippen molar-refractivity contribution in [2.75, 3.05) is 13.1 Å². The van der Waals surface area contributed by atoms with Crippen molar-refractivity contribution < 1.29 is 14.3 Å². The molecule has 5 heteroatoms. The summed E-state index contributed by atoms with van der Waals surface area (Å²) in [6, 6.07) is 14.1. The summed E-state index contributed by atoms with van der Waals surface area (Å²) in [4.78, 5) is 26.7. The fourth-order valence-corrected chi connectivity index (χ4v) is 3.75. The Morgan fingerprint density at radius 3 is 2.52 bits per heavy atom. The van der Waals surface area contributed by atoms with Gasteiger partial charge >= 0.3 is 0 Å². The van der Waals surface area contributed by atoms with Crippen molar-refractivity contribution in [1.82, 2.24) is 10.2 Å². The van der Waals surface area contributed by atoms with Gasteiger partial charge in [-0.15, -0.1) is 0 Å². The molecule has 0 aromatic heterocycles. The summed E-state index contributed by atoms with van der Waals surface area (Å²) in [5, 5.41) is 2.71. The third-order valence-electron chi connectivity index (χ3n) is 5.44. The van der Waals surface area contributed by atoms with Crippen LogP contribution in [0.2, 0.25) is 0 Å². The number of nitrogens with one attached hydrogen (secondary N) is 1. The number of carbonyl (C=O) groups excluding carboxylic acids is 2. The van der Waals surface area contributed by atoms with Gasteiger partial charge in [0.25, 0.3) is 5.91 Å². The summed E-state index contributed by atoms with van der Waals surface area (Å²) >= 11 is 0. The largest absolute Gasteiger partial charge is 0.481 e. The predicted molar refractivity (Wildman–Crippen MR) is 114 cm³/mol. The van der Waals surface area contributed by atoms with Crippen LogP contribution in [0, 0.1) is 6.92 Å². The van der Waals surface area contributed by atoms with E-state index in [0.29, 0.717) is 24.8 Å². The first-order valence-electron chi connectivity index (χ1n) is 10.2. The van der Waals surface area contributed by atoms with Crippen LogP contribution in [0.15, 0.2) is 42.5 Å². The molecule has 1 aliphatic rings. The van der Waals surface area contributed by atoms with Gasteiger partial charge in [-0.1, -0.05) is 44.2 Å². The quantitative estimate of drug-likeness (QED) is 0.815. The number of nitrogens with zero attached hydrogens (tertiary/aromatic N) is 1. The second-order valence-electron chi connectivity index (χ2n) is 7.98. The molecule has 2 aromatic rings. The number of hydrogen-bond acceptors (Lipinski definition) is 3. The molecule has 1 N–H and O–H groups in total. The molecule has 0 fully saturated rings. The van der Waals surface area contributed by atoms with Gasteiger partial charge in [-0.25, -0.2) is 0 Å². The first-order valence-corrected chi connectivity index (χ1v) is 10.2. The summed E-state index contributed by atoms with van der Waals surface area (Å²) in [6.45, 7) is 9.30. The van der Waals surface area contributed by atoms with Gasteiger partial charge in [0.05, 0.1) is 6.54 Å². The SMILES string of the molecule is Cc1cc(OC(C)C(=O)NCC(=O)N2CCc3ccccc3C2)ccc1C(C)C. The van der Waals surface area contributed by atoms with Gasteiger partial charge in [0, 0.05) is 13.1 Å². The number of carbonyl (C=O) groups is 2. The lowest BCUT2D eigenvalue weighted by Crippen LogP contribution is -2.45. The molecule has 0 bridgehead atoms. The van der Waals surface area contributed by atoms with Gasteiger partial charge in [-0.2, -0.15) is 0 Å². The zero-order valence-corrected chi connectivity index (χ0v) is 17.7. The lowest BCUT2D eigenvalue weighted by molar-refractivity contribution is -0.135. The smallest absolute Gasteiger partial charge is 0.261 e. The van der Waals surface area contributed by atoms with Crippen LogP contribution in [0.25, 0.3) is 0 Å². The van der Waals surface area contributed by atoms with E-state index in [1.54, 1.807) is 11.8 Å². The van der Waals surface area contributed by atoms with Crippen LogP contribution in [-0.2, 0) is 22.6 Å². The van der Waals surface area contributed by atoms with Crippen molar-refractivity contribution in [3.63, 3.8) is 0 Å². The topological polar surface area (TPSA) is 58.6 Å². The van der Waals surface area contributed by atoms with Crippen molar-refractivity contribution in [1.29, 1.82) is 0 Å². The molecule has 3 rings (SSSR count). The molecule has 1 aliphatic heterocycles. The Kier molecular flexibility index (Phi) is 6.57. The molecule has 1 atom stereocenters. The Bertz CT molecular complexity index is 891. The Hall–Kier alpha value is -2.82. The van der Waals surface area contributed by atoms with Crippen molar-refractivity contribution in [3.8, 4) is 5.75 Å². The Morgan fingerprint density at radius 2 is 1.83 bits per heavy atom. The second-order valence-corrected chi connectivity index (χ2v) is 7.98. The van der Waals surface area contributed by atoms with Gasteiger partial charge in [-0.05, 0) is 60.6 Å². The van der Waals surface area contributed by atoms with E-state index in [1.807, 2.05) is 37.3 Å². The van der Waals surface area contributed by atoms with E-state index >= 15 is 0 Å². The molecule has 0 spiro atoms. The van der Waals surface area contributed by atoms with E-state index in [1.165, 1.54) is 16.7 Å². The summed E-state index contributed by atoms with van der Waals surface area (Å²) in [7, 11) is 0. The van der Waals surface area contributed by atoms with Gasteiger partial charge < -0.3 is 15.0 Å². The maximum atomic E-state index is 12.5. The van der Waals surface area contributed by atoms with Crippen LogP contribution in [-0.4, -0.2) is 35.9 Å². The molecule has 5 nitrogen and oxygen atoms in total. The molecular weight excluding hydrogens is 364 g/mol. The Labute approximate surface area is 173 Å². The van der Waals surface area contributed by atoms with Crippen LogP contribution < -0.4 is 10.1 Å². The maximum Gasteiger partial charge on any atom is 0.261 e. The van der Waals surface area contributed by atoms with E-state index in [4.69, 9.17) is 4.74 Å². The van der Waals surface area contributed by atoms with Crippen LogP contribution >= 0.6 is 0 Å². The molecule has 2 amide bonds. The number of rotatable bonds is 6. The molecular formula is C24H30N2O3. The number of amides is 2. The highest BCUT2D eigenvalue weighted by Crippen LogP contribution is 2.24. The van der Waals surface area contributed by atoms with E-state index in [9.17, 15) is 9.59 Å². The Balaban J connectivity index is 1.50. The highest BCUT2D eigenvalue weighted by molar-refractivity contribution is 5.87. The first kappa shape index (κ1) is 20.9. The number of hydrogen-bond donors (Lipinski definition) is 1. The van der Waals surface area contributed by atoms with E-state index in [2.05, 4.69) is 31.3 Å². The van der Waals surface area contributed by atoms with Crippen molar-refractivity contribution in [2.24, 2.45) is 0 Å². The van der Waals surface area contributed by atoms with E-state index in [-0.39, 0.29) is 18.4 Å². The van der Waals surface area contributed by atoms with Crippen molar-refractivity contribution >= 4 is 11.8 Å². The van der Waals surface area contributed by atoms with Gasteiger partial charge in [0.2, 0.25) is 5.91 Å². The van der Waals surface area contributed by atoms with Crippen molar-refractivity contribution in [3.05, 3.63) is 64.7 Å². The Morgan fingerprint density at radius 1 is 1.10 bits per heavy atom. The summed E-state index contributed by atoms with van der Waals surface area (Å²) in [5.41, 5.74) is 4.88. The first-order chi connectivity index (χ1) is 13.8. The van der Waals surface area contributed by atoms with E-state index in [0.717, 1.165) is 12.0 Å². The standard InChI is InChI=1S/C24H30N2O3/c1-16(2)22-10-9-21(13-17(22)3)29-18(4)24(28)25-14-23(27)26-12-11-19-7-5-6-8-20(19)15-26/h5-10,13,16,18H,11-12,14-15H2,1-4H3,(H,25,28). The zero-order chi connectivity index (χ0) is 21.0. The highest BCUT2D eigenvalue weighted by Gasteiger charge is 2.22. The maximum absolute atomic E-state index is 12.5. The fourth-order valence-electron chi connectivity index (χ4n) is 3.75. The third-order valence-corrected chi connectivity index (χ3v) is 5.44. The van der Waals surface area contributed by atoms with Gasteiger partial charge in [-0.3, -0.25) is 9.59 Å². The van der Waals surface area contributed by atoms with Crippen molar-refractivity contribution in [2.45, 2.75) is 52.7 Å². The molecule has 29 heavy (non-hydrogen) atoms. The second kappa shape index (κ2) is 9.12. The van der Waals surface area contributed by atoms with E-state index < -0.39 is 6.10 Å². The van der Waals surface area contributed by atoms with Crippen LogP contribution in [0.5, 0.6) is 5.75 Å². The van der Waals surface area contributed by atoms with Crippen LogP contribution in [0.4, 0.5) is 0 Å². The molecule has 0 saturated carbocycles. The number of aryl methyl sites for hydroxylation is 1. The average molecular weight is 395 g/mol. The summed E-state index contributed by atoms with van der Waals surface area (Å²) in [6.07, 6.45) is 0.176. The highest BCUT2D eigenvalue weighted by atomic mass is 16.5. The average Bonchev–Trinajstić information content (AvgIpc) is 2.71. The predicted octanol–water partition coefficient (Wildman–Crippen LogP) is 3.59. The number of fused-ring (bicyclic) bond motifs is 1. The van der Waals surface area contributed by atoms with Crippen LogP contribution in [0.1, 0.15) is 48.9 Å². The molecule has 0 aliphatic carbocycles. The third kappa shape index (κ3) is 5.17. The number of ether oxygens (including phenoxy) is 1. The zero-order valence-electron chi connectivity index (χ0n) is 17.7. The minimum atomic E-state index is -0.672. The summed E-state index contributed by atoms with van der Waals surface area (Å²) in [5.74, 6) is 0.740. The lowest BCUT2D eigenvalue weighted by Gasteiger charge is -2.29. The summed E-state index contributed by atoms with van der Waals surface area (Å²) < 4.78 is 5.78. The van der Waals surface area contributed by atoms with Gasteiger partial charge in [0.1, 0.15) is 5.75 Å². The fraction of sp³-hybridized carbons (Fsp3) is 0.417.